The first kappa shape index (κ1) is 15.2. The Kier molecular flexibility index (Phi) is 4.08. The van der Waals surface area contributed by atoms with Gasteiger partial charge in [-0.3, -0.25) is 0 Å². The fraction of sp³-hybridized carbons (Fsp3) is 0.125. The summed E-state index contributed by atoms with van der Waals surface area (Å²) in [6, 6.07) is 8.51. The first-order valence-electron chi connectivity index (χ1n) is 6.74. The molecule has 7 heteroatoms. The predicted molar refractivity (Wildman–Crippen MR) is 89.0 cm³/mol. The minimum atomic E-state index is 0.0199. The van der Waals surface area contributed by atoms with E-state index in [0.717, 1.165) is 5.69 Å². The third-order valence-corrected chi connectivity index (χ3v) is 3.66. The molecule has 0 saturated carbocycles. The lowest BCUT2D eigenvalue weighted by Crippen LogP contribution is -1.97. The molecule has 6 nitrogen and oxygen atoms in total. The van der Waals surface area contributed by atoms with E-state index in [1.807, 2.05) is 6.07 Å². The molecule has 0 amide bonds. The number of benzene rings is 2. The van der Waals surface area contributed by atoms with Crippen LogP contribution in [0.4, 0.5) is 11.5 Å². The van der Waals surface area contributed by atoms with Gasteiger partial charge in [0.2, 0.25) is 0 Å². The maximum atomic E-state index is 9.97. The number of hydrogen-bond donors (Lipinski definition) is 2. The van der Waals surface area contributed by atoms with Crippen molar-refractivity contribution in [2.24, 2.45) is 0 Å². The monoisotopic (exact) mass is 331 g/mol. The number of rotatable bonds is 4. The van der Waals surface area contributed by atoms with Crippen LogP contribution in [0.5, 0.6) is 17.2 Å². The number of nitrogens with zero attached hydrogens (tertiary/aromatic N) is 2. The molecule has 2 aromatic carbocycles. The fourth-order valence-electron chi connectivity index (χ4n) is 2.21. The number of halogens is 1. The van der Waals surface area contributed by atoms with Gasteiger partial charge < -0.3 is 19.9 Å². The number of ether oxygens (including phenoxy) is 2. The van der Waals surface area contributed by atoms with Gasteiger partial charge in [0, 0.05) is 23.2 Å². The standard InChI is InChI=1S/C16H14ClN3O3/c1-22-14-5-9(3-4-11(14)17)20-16-10-6-13(21)15(23-2)7-12(10)18-8-19-16/h3-8,21H,1-2H3,(H,18,19,20). The molecular formula is C16H14ClN3O3. The number of aromatic nitrogens is 2. The molecule has 23 heavy (non-hydrogen) atoms. The summed E-state index contributed by atoms with van der Waals surface area (Å²) in [4.78, 5) is 8.42. The molecule has 2 N–H and O–H groups in total. The lowest BCUT2D eigenvalue weighted by Gasteiger charge is -2.11. The molecule has 0 unspecified atom stereocenters. The Balaban J connectivity index is 2.05. The van der Waals surface area contributed by atoms with Crippen LogP contribution in [0.25, 0.3) is 10.9 Å². The van der Waals surface area contributed by atoms with Gasteiger partial charge in [0.25, 0.3) is 0 Å². The van der Waals surface area contributed by atoms with Crippen LogP contribution in [-0.2, 0) is 0 Å². The van der Waals surface area contributed by atoms with Crippen LogP contribution in [0, 0.1) is 0 Å². The van der Waals surface area contributed by atoms with Crippen LogP contribution in [0.15, 0.2) is 36.7 Å². The number of fused-ring (bicyclic) bond motifs is 1. The summed E-state index contributed by atoms with van der Waals surface area (Å²) in [5.41, 5.74) is 1.40. The summed E-state index contributed by atoms with van der Waals surface area (Å²) in [5.74, 6) is 1.48. The zero-order valence-corrected chi connectivity index (χ0v) is 13.3. The van der Waals surface area contributed by atoms with Gasteiger partial charge >= 0.3 is 0 Å². The predicted octanol–water partition coefficient (Wildman–Crippen LogP) is 3.75. The van der Waals surface area contributed by atoms with Crippen molar-refractivity contribution in [3.8, 4) is 17.2 Å². The Morgan fingerprint density at radius 3 is 2.57 bits per heavy atom. The van der Waals surface area contributed by atoms with Crippen LogP contribution >= 0.6 is 11.6 Å². The van der Waals surface area contributed by atoms with Crippen molar-refractivity contribution in [1.29, 1.82) is 0 Å². The number of nitrogens with one attached hydrogen (secondary N) is 1. The minimum absolute atomic E-state index is 0.0199. The van der Waals surface area contributed by atoms with E-state index in [4.69, 9.17) is 21.1 Å². The first-order chi connectivity index (χ1) is 11.1. The van der Waals surface area contributed by atoms with Gasteiger partial charge in [-0.15, -0.1) is 0 Å². The molecule has 0 bridgehead atoms. The molecule has 0 aliphatic carbocycles. The SMILES string of the molecule is COc1cc2ncnc(Nc3ccc(Cl)c(OC)c3)c2cc1O. The Morgan fingerprint density at radius 1 is 1.04 bits per heavy atom. The van der Waals surface area contributed by atoms with Crippen molar-refractivity contribution in [2.45, 2.75) is 0 Å². The zero-order valence-electron chi connectivity index (χ0n) is 12.5. The average Bonchev–Trinajstić information content (AvgIpc) is 2.56. The molecule has 118 valence electrons. The number of phenolic OH excluding ortho intramolecular Hbond substituents is 1. The second-order valence-corrected chi connectivity index (χ2v) is 5.15. The summed E-state index contributed by atoms with van der Waals surface area (Å²) in [6.07, 6.45) is 1.44. The highest BCUT2D eigenvalue weighted by molar-refractivity contribution is 6.32. The van der Waals surface area contributed by atoms with E-state index in [2.05, 4.69) is 15.3 Å². The number of methoxy groups -OCH3 is 2. The highest BCUT2D eigenvalue weighted by atomic mass is 35.5. The highest BCUT2D eigenvalue weighted by Crippen LogP contribution is 2.34. The second-order valence-electron chi connectivity index (χ2n) is 4.74. The summed E-state index contributed by atoms with van der Waals surface area (Å²) < 4.78 is 10.3. The number of aromatic hydroxyl groups is 1. The molecule has 0 fully saturated rings. The van der Waals surface area contributed by atoms with Crippen molar-refractivity contribution in [1.82, 2.24) is 9.97 Å². The van der Waals surface area contributed by atoms with E-state index in [1.54, 1.807) is 31.4 Å². The Bertz CT molecular complexity index is 871. The normalized spacial score (nSPS) is 10.6. The van der Waals surface area contributed by atoms with E-state index in [-0.39, 0.29) is 5.75 Å². The van der Waals surface area contributed by atoms with E-state index in [1.165, 1.54) is 13.4 Å². The van der Waals surface area contributed by atoms with Gasteiger partial charge in [0.1, 0.15) is 17.9 Å². The summed E-state index contributed by atoms with van der Waals surface area (Å²) >= 11 is 6.02. The quantitative estimate of drug-likeness (QED) is 0.758. The van der Waals surface area contributed by atoms with Crippen molar-refractivity contribution in [3.63, 3.8) is 0 Å². The molecule has 3 rings (SSSR count). The Hall–Kier alpha value is -2.73. The molecular weight excluding hydrogens is 318 g/mol. The molecule has 0 spiro atoms. The largest absolute Gasteiger partial charge is 0.504 e. The first-order valence-corrected chi connectivity index (χ1v) is 7.12. The lowest BCUT2D eigenvalue weighted by molar-refractivity contribution is 0.374. The molecule has 0 aliphatic rings. The molecule has 0 radical (unpaired) electrons. The summed E-state index contributed by atoms with van der Waals surface area (Å²) in [7, 11) is 3.04. The third kappa shape index (κ3) is 2.93. The summed E-state index contributed by atoms with van der Waals surface area (Å²) in [6.45, 7) is 0. The van der Waals surface area contributed by atoms with Gasteiger partial charge in [-0.05, 0) is 18.2 Å². The third-order valence-electron chi connectivity index (χ3n) is 3.35. The van der Waals surface area contributed by atoms with Crippen LogP contribution in [0.3, 0.4) is 0 Å². The fourth-order valence-corrected chi connectivity index (χ4v) is 2.40. The van der Waals surface area contributed by atoms with Crippen molar-refractivity contribution < 1.29 is 14.6 Å². The molecule has 1 heterocycles. The van der Waals surface area contributed by atoms with Gasteiger partial charge in [-0.1, -0.05) is 11.6 Å². The molecule has 0 saturated heterocycles. The maximum absolute atomic E-state index is 9.97. The van der Waals surface area contributed by atoms with Crippen molar-refractivity contribution in [3.05, 3.63) is 41.7 Å². The van der Waals surface area contributed by atoms with Crippen LogP contribution in [0.2, 0.25) is 5.02 Å². The van der Waals surface area contributed by atoms with Crippen molar-refractivity contribution >= 4 is 34.0 Å². The Labute approximate surface area is 137 Å². The molecule has 3 aromatic rings. The topological polar surface area (TPSA) is 76.5 Å². The van der Waals surface area contributed by atoms with Crippen LogP contribution in [0.1, 0.15) is 0 Å². The van der Waals surface area contributed by atoms with Gasteiger partial charge in [0.05, 0.1) is 24.8 Å². The number of phenols is 1. The van der Waals surface area contributed by atoms with Gasteiger partial charge in [0.15, 0.2) is 11.5 Å². The van der Waals surface area contributed by atoms with Crippen LogP contribution < -0.4 is 14.8 Å². The smallest absolute Gasteiger partial charge is 0.162 e. The van der Waals surface area contributed by atoms with Gasteiger partial charge in [-0.2, -0.15) is 0 Å². The number of hydrogen-bond acceptors (Lipinski definition) is 6. The highest BCUT2D eigenvalue weighted by Gasteiger charge is 2.10. The number of anilines is 2. The van der Waals surface area contributed by atoms with Crippen molar-refractivity contribution in [2.75, 3.05) is 19.5 Å². The van der Waals surface area contributed by atoms with E-state index < -0.39 is 0 Å². The second kappa shape index (κ2) is 6.18. The molecule has 1 aromatic heterocycles. The summed E-state index contributed by atoms with van der Waals surface area (Å²) in [5, 5.41) is 14.3. The van der Waals surface area contributed by atoms with E-state index in [0.29, 0.717) is 33.2 Å². The molecule has 0 aliphatic heterocycles. The lowest BCUT2D eigenvalue weighted by atomic mass is 10.2. The minimum Gasteiger partial charge on any atom is -0.504 e. The van der Waals surface area contributed by atoms with E-state index >= 15 is 0 Å². The Morgan fingerprint density at radius 2 is 1.83 bits per heavy atom. The van der Waals surface area contributed by atoms with E-state index in [9.17, 15) is 5.11 Å². The maximum Gasteiger partial charge on any atom is 0.162 e. The van der Waals surface area contributed by atoms with Gasteiger partial charge in [-0.25, -0.2) is 9.97 Å². The molecule has 0 atom stereocenters. The average molecular weight is 332 g/mol. The zero-order chi connectivity index (χ0) is 16.4. The van der Waals surface area contributed by atoms with Crippen LogP contribution in [-0.4, -0.2) is 29.3 Å².